The van der Waals surface area contributed by atoms with Crippen molar-refractivity contribution in [3.63, 3.8) is 0 Å². The van der Waals surface area contributed by atoms with Crippen LogP contribution in [0, 0.1) is 58.6 Å². The van der Waals surface area contributed by atoms with Crippen LogP contribution in [0.1, 0.15) is 109 Å². The van der Waals surface area contributed by atoms with Crippen molar-refractivity contribution in [3.05, 3.63) is 70.3 Å². The monoisotopic (exact) mass is 1140 g/mol. The van der Waals surface area contributed by atoms with E-state index in [0.29, 0.717) is 103 Å². The first kappa shape index (κ1) is 60.4. The van der Waals surface area contributed by atoms with Gasteiger partial charge in [-0.25, -0.2) is 52.1 Å². The number of carbonyl (C=O) groups is 2. The third-order valence-corrected chi connectivity index (χ3v) is 21.9. The second kappa shape index (κ2) is 25.5. The molecule has 6 saturated heterocycles. The van der Waals surface area contributed by atoms with Crippen LogP contribution in [0.15, 0.2) is 24.3 Å². The maximum absolute atomic E-state index is 14.6. The number of fused-ring (bicyclic) bond motifs is 4. The van der Waals surface area contributed by atoms with Crippen molar-refractivity contribution in [2.45, 2.75) is 152 Å². The van der Waals surface area contributed by atoms with Gasteiger partial charge < -0.3 is 25.0 Å². The number of nitrogens with zero attached hydrogens (tertiary/aromatic N) is 4. The van der Waals surface area contributed by atoms with Crippen LogP contribution in [0.3, 0.4) is 0 Å². The number of hydrogen-bond donors (Lipinski definition) is 2. The first-order valence-electron chi connectivity index (χ1n) is 26.6. The van der Waals surface area contributed by atoms with Gasteiger partial charge in [0.15, 0.2) is 23.3 Å². The van der Waals surface area contributed by atoms with Gasteiger partial charge in [0.2, 0.25) is 31.9 Å². The smallest absolute Gasteiger partial charge is 0.225 e. The number of sulfonamides is 2. The summed E-state index contributed by atoms with van der Waals surface area (Å²) in [5.41, 5.74) is 6.35. The number of amides is 2. The van der Waals surface area contributed by atoms with Crippen molar-refractivity contribution in [1.82, 2.24) is 23.1 Å². The summed E-state index contributed by atoms with van der Waals surface area (Å²) in [5, 5.41) is 0. The number of hydrogen-bond acceptors (Lipinski definition) is 10. The first-order chi connectivity index (χ1) is 35.7. The lowest BCUT2D eigenvalue weighted by Crippen LogP contribution is -2.53. The molecule has 4 bridgehead atoms. The fourth-order valence-electron chi connectivity index (χ4n) is 12.1. The van der Waals surface area contributed by atoms with Gasteiger partial charge in [-0.2, -0.15) is 8.61 Å². The molecule has 428 valence electrons. The van der Waals surface area contributed by atoms with Crippen molar-refractivity contribution in [2.75, 3.05) is 65.1 Å². The zero-order chi connectivity index (χ0) is 55.4. The van der Waals surface area contributed by atoms with Crippen molar-refractivity contribution in [3.8, 4) is 0 Å². The number of halogens is 6. The van der Waals surface area contributed by atoms with E-state index in [1.165, 1.54) is 9.80 Å². The van der Waals surface area contributed by atoms with Gasteiger partial charge in [-0.05, 0) is 146 Å². The molecule has 0 radical (unpaired) electrons. The highest BCUT2D eigenvalue weighted by molar-refractivity contribution is 7.89. The summed E-state index contributed by atoms with van der Waals surface area (Å²) in [7, 11) is -5.49. The highest BCUT2D eigenvalue weighted by atomic mass is 32.2. The number of nitrogens with two attached hydrogens (primary N) is 1. The summed E-state index contributed by atoms with van der Waals surface area (Å²) in [5.74, 6) is -7.38. The summed E-state index contributed by atoms with van der Waals surface area (Å²) in [4.78, 5) is 28.4. The molecular weight excluding hydrogens is 1060 g/mol. The molecule has 15 nitrogen and oxygen atoms in total. The SMILES string of the molecule is CN(CCS(=O)(=O)N1[C@@H]2CC[C@H]1CC([C@@H](Cc1cc(F)c(F)cc1F)N[S@@](=O)C(C)(C)C)C2)C(=O)C1CCOCC1.CN(CCS(=O)(=O)N1[C@@H]2CC[C@H]1CC([C@H](N)Cc1cc(F)c(F)cc1F)C2)C(=O)C1CCOCC1. The van der Waals surface area contributed by atoms with Gasteiger partial charge in [0.05, 0.1) is 27.2 Å². The van der Waals surface area contributed by atoms with E-state index in [1.54, 1.807) is 43.5 Å². The van der Waals surface area contributed by atoms with E-state index < -0.39 is 82.8 Å². The largest absolute Gasteiger partial charge is 0.381 e. The van der Waals surface area contributed by atoms with E-state index in [-0.39, 0.29) is 108 Å². The Labute approximate surface area is 447 Å². The third kappa shape index (κ3) is 14.8. The number of piperidine rings is 2. The lowest BCUT2D eigenvalue weighted by atomic mass is 9.83. The molecule has 6 aliphatic heterocycles. The summed E-state index contributed by atoms with van der Waals surface area (Å²) >= 11 is 0. The predicted octanol–water partition coefficient (Wildman–Crippen LogP) is 5.96. The maximum Gasteiger partial charge on any atom is 0.225 e. The molecule has 6 heterocycles. The highest BCUT2D eigenvalue weighted by Gasteiger charge is 2.50. The number of nitrogens with one attached hydrogen (secondary N) is 1. The Morgan fingerprint density at radius 3 is 1.36 bits per heavy atom. The topological polar surface area (TPSA) is 189 Å². The Hall–Kier alpha value is -3.23. The number of carbonyl (C=O) groups excluding carboxylic acids is 2. The Bertz CT molecular complexity index is 2600. The molecule has 3 N–H and O–H groups in total. The van der Waals surface area contributed by atoms with Gasteiger partial charge in [-0.3, -0.25) is 9.59 Å². The second-order valence-electron chi connectivity index (χ2n) is 22.7. The van der Waals surface area contributed by atoms with Gasteiger partial charge in [0.25, 0.3) is 0 Å². The number of ether oxygens (including phenoxy) is 2. The molecule has 6 aliphatic rings. The van der Waals surface area contributed by atoms with Gasteiger partial charge >= 0.3 is 0 Å². The van der Waals surface area contributed by atoms with Gasteiger partial charge in [0, 0.05) is 114 Å². The number of benzene rings is 2. The van der Waals surface area contributed by atoms with Crippen LogP contribution in [0.5, 0.6) is 0 Å². The maximum atomic E-state index is 14.6. The van der Waals surface area contributed by atoms with Crippen LogP contribution in [0.2, 0.25) is 0 Å². The molecule has 8 rings (SSSR count). The molecule has 0 spiro atoms. The molecule has 0 aliphatic carbocycles. The van der Waals surface area contributed by atoms with E-state index in [4.69, 9.17) is 15.2 Å². The predicted molar refractivity (Wildman–Crippen MR) is 276 cm³/mol. The van der Waals surface area contributed by atoms with E-state index in [0.717, 1.165) is 25.0 Å². The zero-order valence-corrected chi connectivity index (χ0v) is 46.6. The molecule has 0 aromatic heterocycles. The van der Waals surface area contributed by atoms with E-state index >= 15 is 0 Å². The Kier molecular flexibility index (Phi) is 20.3. The fraction of sp³-hybridized carbons (Fsp3) is 0.731. The third-order valence-electron chi connectivity index (χ3n) is 16.4. The number of rotatable bonds is 18. The Morgan fingerprint density at radius 2 is 0.974 bits per heavy atom. The molecule has 76 heavy (non-hydrogen) atoms. The molecule has 24 heteroatoms. The van der Waals surface area contributed by atoms with Crippen LogP contribution < -0.4 is 10.5 Å². The lowest BCUT2D eigenvalue weighted by molar-refractivity contribution is -0.137. The molecule has 0 saturated carbocycles. The van der Waals surface area contributed by atoms with Crippen LogP contribution >= 0.6 is 0 Å². The van der Waals surface area contributed by atoms with E-state index in [1.807, 2.05) is 0 Å². The van der Waals surface area contributed by atoms with E-state index in [2.05, 4.69) is 4.72 Å². The molecule has 6 fully saturated rings. The Morgan fingerprint density at radius 1 is 0.618 bits per heavy atom. The first-order valence-corrected chi connectivity index (χ1v) is 31.0. The Balaban J connectivity index is 0.000000224. The molecule has 9 atom stereocenters. The molecule has 2 amide bonds. The van der Waals surface area contributed by atoms with E-state index in [9.17, 15) is 57.0 Å². The fourth-order valence-corrected chi connectivity index (χ4v) is 17.0. The average molecular weight is 1140 g/mol. The quantitative estimate of drug-likeness (QED) is 0.133. The minimum absolute atomic E-state index is 0.0131. The van der Waals surface area contributed by atoms with Crippen LogP contribution in [0.4, 0.5) is 26.3 Å². The summed E-state index contributed by atoms with van der Waals surface area (Å²) in [6.07, 6.45) is 7.44. The molecule has 2 aromatic carbocycles. The van der Waals surface area contributed by atoms with Crippen LogP contribution in [-0.4, -0.2) is 157 Å². The van der Waals surface area contributed by atoms with Crippen LogP contribution in [-0.2, 0) is 62.9 Å². The summed E-state index contributed by atoms with van der Waals surface area (Å²) in [6, 6.07) is 0.761. The normalized spacial score (nSPS) is 26.1. The highest BCUT2D eigenvalue weighted by Crippen LogP contribution is 2.44. The van der Waals surface area contributed by atoms with Gasteiger partial charge in [-0.15, -0.1) is 0 Å². The molecular formula is C52H76F6N6O9S3. The molecule has 2 aromatic rings. The van der Waals surface area contributed by atoms with Crippen molar-refractivity contribution < 1.29 is 66.4 Å². The summed E-state index contributed by atoms with van der Waals surface area (Å²) < 4.78 is 166. The minimum atomic E-state index is -3.67. The minimum Gasteiger partial charge on any atom is -0.381 e. The van der Waals surface area contributed by atoms with Crippen LogP contribution in [0.25, 0.3) is 0 Å². The van der Waals surface area contributed by atoms with Crippen molar-refractivity contribution >= 4 is 42.8 Å². The lowest BCUT2D eigenvalue weighted by Gasteiger charge is -2.41. The van der Waals surface area contributed by atoms with Crippen molar-refractivity contribution in [1.29, 1.82) is 0 Å². The standard InChI is InChI=1S/C28H42F3N3O5S2.C24H34F3N3O4S/c1-28(2,3)40(36)32-26(16-19-15-24(30)25(31)17-23(19)29)20-13-21-5-6-22(14-20)34(21)41(37,38)12-9-33(4)27(35)18-7-10-39-11-8-18;1-29(24(31)15-4-7-34-8-5-15)6-9-35(32,33)30-18-2-3-19(30)11-17(10-18)23(28)13-16-12-21(26)22(27)14-20(16)25/h15,17-18,20-22,26,32H,5-14,16H2,1-4H3;12,14-15,17-19,23H,2-11,13,28H2,1H3/t20?,21-,22+,26-,40+;17?,18-,19+,23-/m11/s1. The summed E-state index contributed by atoms with van der Waals surface area (Å²) in [6.45, 7) is 7.79. The van der Waals surface area contributed by atoms with Gasteiger partial charge in [-0.1, -0.05) is 0 Å². The van der Waals surface area contributed by atoms with Gasteiger partial charge in [0.1, 0.15) is 11.6 Å². The van der Waals surface area contributed by atoms with Crippen molar-refractivity contribution in [2.24, 2.45) is 29.4 Å². The second-order valence-corrected chi connectivity index (χ2v) is 28.7. The molecule has 2 unspecified atom stereocenters. The zero-order valence-electron chi connectivity index (χ0n) is 44.2. The average Bonchev–Trinajstić information content (AvgIpc) is 3.86.